The van der Waals surface area contributed by atoms with E-state index in [2.05, 4.69) is 22.9 Å². The van der Waals surface area contributed by atoms with E-state index in [9.17, 15) is 0 Å². The first kappa shape index (κ1) is 7.50. The van der Waals surface area contributed by atoms with Crippen LogP contribution in [-0.2, 0) is 0 Å². The second-order valence-electron chi connectivity index (χ2n) is 2.55. The van der Waals surface area contributed by atoms with Gasteiger partial charge in [-0.25, -0.2) is 0 Å². The number of benzene rings is 1. The lowest BCUT2D eigenvalue weighted by molar-refractivity contribution is 0.415. The van der Waals surface area contributed by atoms with Gasteiger partial charge in [-0.05, 0) is 23.6 Å². The van der Waals surface area contributed by atoms with Crippen LogP contribution in [0.1, 0.15) is 0 Å². The molecule has 2 heteroatoms. The van der Waals surface area contributed by atoms with Crippen LogP contribution in [0.3, 0.4) is 0 Å². The Morgan fingerprint density at radius 2 is 2.08 bits per heavy atom. The maximum absolute atomic E-state index is 5.13. The summed E-state index contributed by atoms with van der Waals surface area (Å²) < 4.78 is 5.13. The number of fused-ring (bicyclic) bond motifs is 1. The molecule has 0 aliphatic heterocycles. The largest absolute Gasteiger partial charge is 0.497 e. The van der Waals surface area contributed by atoms with Gasteiger partial charge in [0.05, 0.1) is 7.11 Å². The molecule has 0 unspecified atom stereocenters. The van der Waals surface area contributed by atoms with Gasteiger partial charge in [0.2, 0.25) is 16.7 Å². The van der Waals surface area contributed by atoms with Gasteiger partial charge >= 0.3 is 0 Å². The Kier molecular flexibility index (Phi) is 1.92. The van der Waals surface area contributed by atoms with Crippen molar-refractivity contribution >= 4 is 22.1 Å². The Labute approximate surface area is 75.2 Å². The molecule has 0 fully saturated rings. The van der Waals surface area contributed by atoms with E-state index in [-0.39, 0.29) is 0 Å². The average Bonchev–Trinajstić information content (AvgIpc) is 2.17. The zero-order valence-electron chi connectivity index (χ0n) is 6.78. The Balaban J connectivity index is 2.67. The minimum absolute atomic E-state index is 0.915. The molecule has 2 rings (SSSR count). The lowest BCUT2D eigenvalue weighted by Gasteiger charge is -1.98. The van der Waals surface area contributed by atoms with Crippen molar-refractivity contribution < 1.29 is 4.74 Å². The second kappa shape index (κ2) is 3.07. The van der Waals surface area contributed by atoms with Gasteiger partial charge < -0.3 is 4.74 Å². The third-order valence-corrected chi connectivity index (χ3v) is 2.50. The molecule has 0 aliphatic rings. The molecule has 0 bridgehead atoms. The molecule has 1 heterocycles. The molecule has 1 aromatic heterocycles. The van der Waals surface area contributed by atoms with Gasteiger partial charge in [-0.3, -0.25) is 0 Å². The van der Waals surface area contributed by atoms with Crippen molar-refractivity contribution in [2.45, 2.75) is 0 Å². The fourth-order valence-corrected chi connectivity index (χ4v) is 1.82. The van der Waals surface area contributed by atoms with Crippen LogP contribution in [0.25, 0.3) is 10.8 Å². The molecular formula is C10H9OS+. The minimum Gasteiger partial charge on any atom is -0.497 e. The summed E-state index contributed by atoms with van der Waals surface area (Å²) in [6, 6.07) is 8.20. The molecule has 0 N–H and O–H groups in total. The zero-order chi connectivity index (χ0) is 8.39. The van der Waals surface area contributed by atoms with E-state index in [1.807, 2.05) is 12.1 Å². The molecule has 0 saturated heterocycles. The Morgan fingerprint density at radius 3 is 2.92 bits per heavy atom. The van der Waals surface area contributed by atoms with Crippen molar-refractivity contribution in [1.82, 2.24) is 0 Å². The predicted octanol–water partition coefficient (Wildman–Crippen LogP) is 3.19. The van der Waals surface area contributed by atoms with Gasteiger partial charge in [0, 0.05) is 11.5 Å². The molecule has 60 valence electrons. The van der Waals surface area contributed by atoms with E-state index >= 15 is 0 Å². The van der Waals surface area contributed by atoms with E-state index < -0.39 is 0 Å². The highest BCUT2D eigenvalue weighted by Gasteiger charge is 1.98. The number of hydrogen-bond acceptors (Lipinski definition) is 1. The monoisotopic (exact) mass is 177 g/mol. The number of hydrogen-bond donors (Lipinski definition) is 0. The number of ether oxygens (including phenoxy) is 1. The van der Waals surface area contributed by atoms with Crippen molar-refractivity contribution in [3.05, 3.63) is 35.0 Å². The SMILES string of the molecule is COc1ccc2c[s+]ccc2c1. The summed E-state index contributed by atoms with van der Waals surface area (Å²) in [6.07, 6.45) is 0. The van der Waals surface area contributed by atoms with E-state index in [4.69, 9.17) is 4.74 Å². The molecule has 0 spiro atoms. The van der Waals surface area contributed by atoms with Crippen LogP contribution in [0.2, 0.25) is 0 Å². The fraction of sp³-hybridized carbons (Fsp3) is 0.100. The quantitative estimate of drug-likeness (QED) is 0.608. The lowest BCUT2D eigenvalue weighted by Crippen LogP contribution is -1.81. The Hall–Kier alpha value is -1.15. The topological polar surface area (TPSA) is 9.23 Å². The van der Waals surface area contributed by atoms with E-state index in [1.54, 1.807) is 18.4 Å². The fourth-order valence-electron chi connectivity index (χ4n) is 1.16. The number of rotatable bonds is 1. The van der Waals surface area contributed by atoms with E-state index in [0.29, 0.717) is 0 Å². The van der Waals surface area contributed by atoms with Crippen molar-refractivity contribution in [1.29, 1.82) is 0 Å². The third kappa shape index (κ3) is 1.25. The van der Waals surface area contributed by atoms with Gasteiger partial charge in [-0.15, -0.1) is 0 Å². The highest BCUT2D eigenvalue weighted by atomic mass is 32.1. The second-order valence-corrected chi connectivity index (χ2v) is 3.33. The molecule has 0 atom stereocenters. The molecule has 0 radical (unpaired) electrons. The minimum atomic E-state index is 0.915. The summed E-state index contributed by atoms with van der Waals surface area (Å²) in [7, 11) is 1.69. The summed E-state index contributed by atoms with van der Waals surface area (Å²) in [6.45, 7) is 0. The van der Waals surface area contributed by atoms with Gasteiger partial charge in [0.1, 0.15) is 5.75 Å². The molecule has 0 saturated carbocycles. The Morgan fingerprint density at radius 1 is 1.17 bits per heavy atom. The summed E-state index contributed by atoms with van der Waals surface area (Å²) in [5.74, 6) is 0.915. The maximum Gasteiger partial charge on any atom is 0.212 e. The van der Waals surface area contributed by atoms with Crippen LogP contribution in [0.5, 0.6) is 5.75 Å². The molecule has 0 amide bonds. The summed E-state index contributed by atoms with van der Waals surface area (Å²) in [5.41, 5.74) is 0. The summed E-state index contributed by atoms with van der Waals surface area (Å²) >= 11 is 1.70. The standard InChI is InChI=1S/C10H9OS/c1-11-10-3-2-9-7-12-5-4-8(9)6-10/h2-7H,1H3/q+1. The van der Waals surface area contributed by atoms with Gasteiger partial charge in [0.15, 0.2) is 5.38 Å². The van der Waals surface area contributed by atoms with Crippen LogP contribution >= 0.6 is 11.3 Å². The van der Waals surface area contributed by atoms with Gasteiger partial charge in [0.25, 0.3) is 0 Å². The van der Waals surface area contributed by atoms with Crippen molar-refractivity contribution in [3.8, 4) is 5.75 Å². The highest BCUT2D eigenvalue weighted by molar-refractivity contribution is 7.08. The lowest BCUT2D eigenvalue weighted by atomic mass is 10.2. The molecule has 0 aliphatic carbocycles. The van der Waals surface area contributed by atoms with E-state index in [1.165, 1.54) is 10.8 Å². The van der Waals surface area contributed by atoms with Crippen LogP contribution in [-0.4, -0.2) is 7.11 Å². The third-order valence-electron chi connectivity index (χ3n) is 1.82. The molecule has 1 aromatic carbocycles. The normalized spacial score (nSPS) is 10.1. The molecule has 2 aromatic rings. The molecular weight excluding hydrogens is 168 g/mol. The highest BCUT2D eigenvalue weighted by Crippen LogP contribution is 2.21. The van der Waals surface area contributed by atoms with Gasteiger partial charge in [-0.1, -0.05) is 0 Å². The van der Waals surface area contributed by atoms with E-state index in [0.717, 1.165) is 5.75 Å². The maximum atomic E-state index is 5.13. The zero-order valence-corrected chi connectivity index (χ0v) is 7.60. The van der Waals surface area contributed by atoms with Crippen LogP contribution in [0.15, 0.2) is 35.0 Å². The van der Waals surface area contributed by atoms with Crippen LogP contribution in [0.4, 0.5) is 0 Å². The first-order chi connectivity index (χ1) is 5.90. The summed E-state index contributed by atoms with van der Waals surface area (Å²) in [5, 5.41) is 6.70. The van der Waals surface area contributed by atoms with Crippen molar-refractivity contribution in [3.63, 3.8) is 0 Å². The summed E-state index contributed by atoms with van der Waals surface area (Å²) in [4.78, 5) is 0. The Bertz CT molecular complexity index is 398. The first-order valence-electron chi connectivity index (χ1n) is 3.73. The molecule has 1 nitrogen and oxygen atoms in total. The smallest absolute Gasteiger partial charge is 0.212 e. The van der Waals surface area contributed by atoms with Crippen LogP contribution < -0.4 is 4.74 Å². The average molecular weight is 177 g/mol. The van der Waals surface area contributed by atoms with Crippen molar-refractivity contribution in [2.24, 2.45) is 0 Å². The van der Waals surface area contributed by atoms with Gasteiger partial charge in [-0.2, -0.15) is 0 Å². The first-order valence-corrected chi connectivity index (χ1v) is 4.68. The van der Waals surface area contributed by atoms with Crippen LogP contribution in [0, 0.1) is 0 Å². The van der Waals surface area contributed by atoms with Crippen molar-refractivity contribution in [2.75, 3.05) is 7.11 Å². The number of methoxy groups -OCH3 is 1. The predicted molar refractivity (Wildman–Crippen MR) is 52.8 cm³/mol. The molecule has 12 heavy (non-hydrogen) atoms.